The number of amides is 2. The highest BCUT2D eigenvalue weighted by Gasteiger charge is 2.48. The molecule has 1 atom stereocenters. The van der Waals surface area contributed by atoms with E-state index in [4.69, 9.17) is 0 Å². The summed E-state index contributed by atoms with van der Waals surface area (Å²) in [7, 11) is 1.85. The van der Waals surface area contributed by atoms with Gasteiger partial charge in [0.25, 0.3) is 5.91 Å². The number of nitrogens with zero attached hydrogens (tertiary/aromatic N) is 4. The Bertz CT molecular complexity index is 631. The quantitative estimate of drug-likeness (QED) is 0.832. The van der Waals surface area contributed by atoms with Gasteiger partial charge in [-0.3, -0.25) is 9.59 Å². The minimum absolute atomic E-state index is 0.0906. The van der Waals surface area contributed by atoms with Crippen LogP contribution in [0.25, 0.3) is 0 Å². The van der Waals surface area contributed by atoms with Crippen molar-refractivity contribution in [2.24, 2.45) is 5.41 Å². The summed E-state index contributed by atoms with van der Waals surface area (Å²) in [5.41, 5.74) is 0.0497. The molecule has 124 valence electrons. The molecule has 1 unspecified atom stereocenters. The van der Waals surface area contributed by atoms with E-state index in [0.29, 0.717) is 24.6 Å². The zero-order valence-corrected chi connectivity index (χ0v) is 14.1. The van der Waals surface area contributed by atoms with E-state index in [1.54, 1.807) is 22.1 Å². The van der Waals surface area contributed by atoms with Gasteiger partial charge in [-0.1, -0.05) is 13.8 Å². The molecule has 6 nitrogen and oxygen atoms in total. The largest absolute Gasteiger partial charge is 0.345 e. The Morgan fingerprint density at radius 3 is 2.83 bits per heavy atom. The second kappa shape index (κ2) is 5.91. The number of hydrogen-bond acceptors (Lipinski definition) is 4. The molecule has 0 aliphatic carbocycles. The maximum Gasteiger partial charge on any atom is 0.272 e. The maximum absolute atomic E-state index is 12.7. The van der Waals surface area contributed by atoms with Crippen molar-refractivity contribution in [1.29, 1.82) is 0 Å². The van der Waals surface area contributed by atoms with Crippen LogP contribution < -0.4 is 0 Å². The van der Waals surface area contributed by atoms with Crippen molar-refractivity contribution in [3.05, 3.63) is 23.8 Å². The number of hydrogen-bond donors (Lipinski definition) is 0. The zero-order chi connectivity index (χ0) is 16.6. The molecule has 0 aromatic carbocycles. The molecule has 0 radical (unpaired) electrons. The molecule has 6 heteroatoms. The second-order valence-corrected chi connectivity index (χ2v) is 7.04. The summed E-state index contributed by atoms with van der Waals surface area (Å²) in [4.78, 5) is 37.5. The van der Waals surface area contributed by atoms with Gasteiger partial charge in [-0.05, 0) is 25.3 Å². The van der Waals surface area contributed by atoms with E-state index in [2.05, 4.69) is 9.97 Å². The molecule has 2 aliphatic heterocycles. The van der Waals surface area contributed by atoms with Gasteiger partial charge in [-0.15, -0.1) is 0 Å². The summed E-state index contributed by atoms with van der Waals surface area (Å²) in [5.74, 6) is 0.955. The molecular weight excluding hydrogens is 292 g/mol. The van der Waals surface area contributed by atoms with Gasteiger partial charge in [0, 0.05) is 38.8 Å². The van der Waals surface area contributed by atoms with E-state index in [9.17, 15) is 9.59 Å². The average Bonchev–Trinajstić information content (AvgIpc) is 2.97. The molecule has 3 rings (SSSR count). The van der Waals surface area contributed by atoms with Crippen LogP contribution in [0.4, 0.5) is 0 Å². The highest BCUT2D eigenvalue weighted by molar-refractivity contribution is 5.93. The van der Waals surface area contributed by atoms with Crippen LogP contribution in [0.1, 0.15) is 55.3 Å². The lowest BCUT2D eigenvalue weighted by molar-refractivity contribution is -0.143. The third-order valence-electron chi connectivity index (χ3n) is 5.00. The Labute approximate surface area is 136 Å². The van der Waals surface area contributed by atoms with Crippen LogP contribution >= 0.6 is 0 Å². The molecule has 0 saturated carbocycles. The fourth-order valence-corrected chi connectivity index (χ4v) is 3.63. The van der Waals surface area contributed by atoms with Crippen LogP contribution in [0.15, 0.2) is 12.3 Å². The molecular formula is C17H24N4O2. The Morgan fingerprint density at radius 1 is 1.30 bits per heavy atom. The predicted molar refractivity (Wildman–Crippen MR) is 85.9 cm³/mol. The minimum Gasteiger partial charge on any atom is -0.345 e. The maximum atomic E-state index is 12.7. The minimum atomic E-state index is -0.378. The van der Waals surface area contributed by atoms with Gasteiger partial charge in [0.05, 0.1) is 5.41 Å². The van der Waals surface area contributed by atoms with Crippen molar-refractivity contribution in [2.75, 3.05) is 26.7 Å². The standard InChI is InChI=1S/C17H24N4O2/c1-12(2)14-18-8-5-13(19-14)15(22)21-10-7-17(11-21)6-4-9-20(3)16(17)23/h5,8,12H,4,6-7,9-11H2,1-3H3. The van der Waals surface area contributed by atoms with E-state index >= 15 is 0 Å². The molecule has 2 aliphatic rings. The van der Waals surface area contributed by atoms with Crippen molar-refractivity contribution >= 4 is 11.8 Å². The molecule has 23 heavy (non-hydrogen) atoms. The van der Waals surface area contributed by atoms with Gasteiger partial charge in [0.15, 0.2) is 0 Å². The fourth-order valence-electron chi connectivity index (χ4n) is 3.63. The van der Waals surface area contributed by atoms with Gasteiger partial charge in [0.2, 0.25) is 5.91 Å². The van der Waals surface area contributed by atoms with Crippen molar-refractivity contribution in [2.45, 2.75) is 39.0 Å². The molecule has 1 aromatic rings. The second-order valence-electron chi connectivity index (χ2n) is 7.04. The van der Waals surface area contributed by atoms with Gasteiger partial charge in [-0.2, -0.15) is 0 Å². The fraction of sp³-hybridized carbons (Fsp3) is 0.647. The molecule has 0 N–H and O–H groups in total. The van der Waals surface area contributed by atoms with Gasteiger partial charge in [-0.25, -0.2) is 9.97 Å². The van der Waals surface area contributed by atoms with Gasteiger partial charge < -0.3 is 9.80 Å². The SMILES string of the molecule is CC(C)c1nccc(C(=O)N2CCC3(CCCN(C)C3=O)C2)n1. The zero-order valence-electron chi connectivity index (χ0n) is 14.1. The number of carbonyl (C=O) groups is 2. The smallest absolute Gasteiger partial charge is 0.272 e. The normalized spacial score (nSPS) is 24.8. The average molecular weight is 316 g/mol. The third-order valence-corrected chi connectivity index (χ3v) is 5.00. The Morgan fingerprint density at radius 2 is 2.09 bits per heavy atom. The lowest BCUT2D eigenvalue weighted by atomic mass is 9.78. The molecule has 1 aromatic heterocycles. The van der Waals surface area contributed by atoms with E-state index in [1.807, 2.05) is 20.9 Å². The predicted octanol–water partition coefficient (Wildman–Crippen LogP) is 1.68. The molecule has 1 spiro atoms. The first-order valence-electron chi connectivity index (χ1n) is 8.31. The molecule has 3 heterocycles. The first-order chi connectivity index (χ1) is 10.9. The van der Waals surface area contributed by atoms with Crippen LogP contribution in [0, 0.1) is 5.41 Å². The van der Waals surface area contributed by atoms with Crippen molar-refractivity contribution < 1.29 is 9.59 Å². The summed E-state index contributed by atoms with van der Waals surface area (Å²) >= 11 is 0. The molecule has 2 saturated heterocycles. The number of rotatable bonds is 2. The van der Waals surface area contributed by atoms with Crippen molar-refractivity contribution in [1.82, 2.24) is 19.8 Å². The van der Waals surface area contributed by atoms with Crippen LogP contribution in [-0.4, -0.2) is 58.3 Å². The molecule has 0 bridgehead atoms. The van der Waals surface area contributed by atoms with Crippen LogP contribution in [0.5, 0.6) is 0 Å². The highest BCUT2D eigenvalue weighted by atomic mass is 16.2. The first-order valence-corrected chi connectivity index (χ1v) is 8.31. The molecule has 2 fully saturated rings. The van der Waals surface area contributed by atoms with Crippen molar-refractivity contribution in [3.8, 4) is 0 Å². The molecule has 2 amide bonds. The highest BCUT2D eigenvalue weighted by Crippen LogP contribution is 2.39. The number of carbonyl (C=O) groups excluding carboxylic acids is 2. The summed E-state index contributed by atoms with van der Waals surface area (Å²) < 4.78 is 0. The van der Waals surface area contributed by atoms with E-state index in [-0.39, 0.29) is 23.1 Å². The van der Waals surface area contributed by atoms with E-state index < -0.39 is 0 Å². The van der Waals surface area contributed by atoms with Crippen LogP contribution in [-0.2, 0) is 4.79 Å². The lowest BCUT2D eigenvalue weighted by Crippen LogP contribution is -2.48. The van der Waals surface area contributed by atoms with Crippen LogP contribution in [0.2, 0.25) is 0 Å². The Balaban J connectivity index is 1.77. The topological polar surface area (TPSA) is 66.4 Å². The first kappa shape index (κ1) is 15.9. The summed E-state index contributed by atoms with van der Waals surface area (Å²) in [5, 5.41) is 0. The lowest BCUT2D eigenvalue weighted by Gasteiger charge is -2.37. The van der Waals surface area contributed by atoms with Gasteiger partial charge >= 0.3 is 0 Å². The summed E-state index contributed by atoms with van der Waals surface area (Å²) in [6, 6.07) is 1.66. The number of piperidine rings is 1. The summed E-state index contributed by atoms with van der Waals surface area (Å²) in [6.07, 6.45) is 4.28. The number of aromatic nitrogens is 2. The Hall–Kier alpha value is -1.98. The third kappa shape index (κ3) is 2.82. The Kier molecular flexibility index (Phi) is 4.08. The monoisotopic (exact) mass is 316 g/mol. The van der Waals surface area contributed by atoms with Gasteiger partial charge in [0.1, 0.15) is 11.5 Å². The van der Waals surface area contributed by atoms with E-state index in [0.717, 1.165) is 25.8 Å². The number of likely N-dealkylation sites (tertiary alicyclic amines) is 2. The van der Waals surface area contributed by atoms with Crippen LogP contribution in [0.3, 0.4) is 0 Å². The summed E-state index contributed by atoms with van der Waals surface area (Å²) in [6.45, 7) is 5.96. The van der Waals surface area contributed by atoms with E-state index in [1.165, 1.54) is 0 Å². The van der Waals surface area contributed by atoms with Crippen molar-refractivity contribution in [3.63, 3.8) is 0 Å².